The molecular weight excluding hydrogens is 316 g/mol. The van der Waals surface area contributed by atoms with Crippen molar-refractivity contribution in [1.82, 2.24) is 0 Å². The summed E-state index contributed by atoms with van der Waals surface area (Å²) in [5.74, 6) is -0.615. The largest absolute Gasteiger partial charge is 0.399 e. The third-order valence-corrected chi connectivity index (χ3v) is 3.89. The Kier molecular flexibility index (Phi) is 4.17. The molecule has 0 saturated carbocycles. The summed E-state index contributed by atoms with van der Waals surface area (Å²) in [5, 5.41) is 2.59. The van der Waals surface area contributed by atoms with Crippen molar-refractivity contribution in [1.29, 1.82) is 0 Å². The van der Waals surface area contributed by atoms with E-state index in [0.717, 1.165) is 6.07 Å². The van der Waals surface area contributed by atoms with Crippen molar-refractivity contribution in [2.24, 2.45) is 0 Å². The Morgan fingerprint density at radius 3 is 2.48 bits per heavy atom. The van der Waals surface area contributed by atoms with Crippen LogP contribution in [-0.4, -0.2) is 18.9 Å². The summed E-state index contributed by atoms with van der Waals surface area (Å²) in [4.78, 5) is 11.7. The molecule has 2 aromatic rings. The third-order valence-electron chi connectivity index (χ3n) is 2.65. The van der Waals surface area contributed by atoms with Gasteiger partial charge in [0.25, 0.3) is 16.0 Å². The smallest absolute Gasteiger partial charge is 0.296 e. The van der Waals surface area contributed by atoms with Crippen LogP contribution in [0.5, 0.6) is 0 Å². The van der Waals surface area contributed by atoms with Crippen molar-refractivity contribution in [3.8, 4) is 0 Å². The quantitative estimate of drug-likeness (QED) is 0.592. The molecule has 0 aliphatic heterocycles. The molecule has 0 aliphatic rings. The molecule has 0 aromatic heterocycles. The lowest BCUT2D eigenvalue weighted by Gasteiger charge is -2.10. The van der Waals surface area contributed by atoms with Crippen LogP contribution < -0.4 is 11.1 Å². The number of nitrogen functional groups attached to an aromatic ring is 1. The van der Waals surface area contributed by atoms with Crippen LogP contribution in [-0.2, 0) is 10.1 Å². The number of carbonyl (C=O) groups is 1. The van der Waals surface area contributed by atoms with Gasteiger partial charge in [0.2, 0.25) is 0 Å². The van der Waals surface area contributed by atoms with E-state index in [1.54, 1.807) is 12.1 Å². The highest BCUT2D eigenvalue weighted by atomic mass is 35.5. The molecule has 1 amide bonds. The van der Waals surface area contributed by atoms with E-state index >= 15 is 0 Å². The predicted octanol–water partition coefficient (Wildman–Crippen LogP) is 2.42. The van der Waals surface area contributed by atoms with Gasteiger partial charge in [-0.2, -0.15) is 8.42 Å². The Hall–Kier alpha value is -2.09. The molecule has 21 heavy (non-hydrogen) atoms. The summed E-state index contributed by atoms with van der Waals surface area (Å²) >= 11 is 5.89. The van der Waals surface area contributed by atoms with Gasteiger partial charge in [0.05, 0.1) is 16.3 Å². The van der Waals surface area contributed by atoms with E-state index in [9.17, 15) is 13.2 Å². The van der Waals surface area contributed by atoms with E-state index in [2.05, 4.69) is 5.32 Å². The van der Waals surface area contributed by atoms with Crippen molar-refractivity contribution < 1.29 is 17.8 Å². The molecule has 0 spiro atoms. The van der Waals surface area contributed by atoms with Crippen LogP contribution in [0.15, 0.2) is 47.4 Å². The average Bonchev–Trinajstić information content (AvgIpc) is 2.37. The average molecular weight is 327 g/mol. The maximum atomic E-state index is 12.1. The van der Waals surface area contributed by atoms with E-state index in [1.807, 2.05) is 0 Å². The van der Waals surface area contributed by atoms with Crippen LogP contribution in [0.1, 0.15) is 10.4 Å². The van der Waals surface area contributed by atoms with Crippen LogP contribution in [0.4, 0.5) is 11.4 Å². The number of hydrogen-bond acceptors (Lipinski definition) is 4. The standard InChI is InChI=1S/C13H11ClN2O4S/c14-10-4-2-1-3-9(10)13(17)16-11-7-8(15)5-6-12(11)21(18,19)20/h1-7H,15H2,(H,16,17)(H,18,19,20). The second-order valence-electron chi connectivity index (χ2n) is 4.16. The summed E-state index contributed by atoms with van der Waals surface area (Å²) in [6.07, 6.45) is 0. The zero-order valence-corrected chi connectivity index (χ0v) is 12.1. The summed E-state index contributed by atoms with van der Waals surface area (Å²) in [6, 6.07) is 9.92. The van der Waals surface area contributed by atoms with Crippen molar-refractivity contribution in [2.75, 3.05) is 11.1 Å². The highest BCUT2D eigenvalue weighted by Gasteiger charge is 2.18. The first kappa shape index (κ1) is 15.3. The molecule has 6 nitrogen and oxygen atoms in total. The van der Waals surface area contributed by atoms with Gasteiger partial charge in [-0.3, -0.25) is 9.35 Å². The number of rotatable bonds is 3. The van der Waals surface area contributed by atoms with Gasteiger partial charge in [-0.1, -0.05) is 23.7 Å². The molecule has 2 aromatic carbocycles. The van der Waals surface area contributed by atoms with Crippen molar-refractivity contribution in [3.63, 3.8) is 0 Å². The first-order valence-electron chi connectivity index (χ1n) is 5.72. The Morgan fingerprint density at radius 2 is 1.86 bits per heavy atom. The van der Waals surface area contributed by atoms with E-state index in [1.165, 1.54) is 24.3 Å². The maximum absolute atomic E-state index is 12.1. The monoisotopic (exact) mass is 326 g/mol. The van der Waals surface area contributed by atoms with Gasteiger partial charge in [0.1, 0.15) is 4.90 Å². The van der Waals surface area contributed by atoms with Crippen molar-refractivity contribution >= 4 is 39.0 Å². The lowest BCUT2D eigenvalue weighted by Crippen LogP contribution is -2.15. The van der Waals surface area contributed by atoms with Crippen LogP contribution in [0.2, 0.25) is 5.02 Å². The highest BCUT2D eigenvalue weighted by molar-refractivity contribution is 7.86. The van der Waals surface area contributed by atoms with E-state index in [-0.39, 0.29) is 22.0 Å². The van der Waals surface area contributed by atoms with Gasteiger partial charge in [-0.15, -0.1) is 0 Å². The summed E-state index contributed by atoms with van der Waals surface area (Å²) in [6.45, 7) is 0. The van der Waals surface area contributed by atoms with Gasteiger partial charge >= 0.3 is 0 Å². The number of halogens is 1. The minimum Gasteiger partial charge on any atom is -0.399 e. The van der Waals surface area contributed by atoms with Gasteiger partial charge in [-0.25, -0.2) is 0 Å². The third kappa shape index (κ3) is 3.52. The normalized spacial score (nSPS) is 11.1. The van der Waals surface area contributed by atoms with Gasteiger partial charge in [-0.05, 0) is 30.3 Å². The molecule has 4 N–H and O–H groups in total. The van der Waals surface area contributed by atoms with Gasteiger partial charge < -0.3 is 11.1 Å². The number of hydrogen-bond donors (Lipinski definition) is 3. The molecule has 2 rings (SSSR count). The molecule has 8 heteroatoms. The molecule has 0 heterocycles. The summed E-state index contributed by atoms with van der Waals surface area (Å²) < 4.78 is 31.7. The first-order chi connectivity index (χ1) is 9.79. The van der Waals surface area contributed by atoms with Crippen LogP contribution >= 0.6 is 11.6 Å². The molecule has 0 unspecified atom stereocenters. The Balaban J connectivity index is 2.43. The molecule has 0 saturated heterocycles. The topological polar surface area (TPSA) is 109 Å². The lowest BCUT2D eigenvalue weighted by atomic mass is 10.2. The second-order valence-corrected chi connectivity index (χ2v) is 5.96. The number of nitrogens with two attached hydrogens (primary N) is 1. The minimum atomic E-state index is -4.49. The molecule has 0 bridgehead atoms. The Bertz CT molecular complexity index is 806. The molecule has 0 radical (unpaired) electrons. The highest BCUT2D eigenvalue weighted by Crippen LogP contribution is 2.25. The van der Waals surface area contributed by atoms with Crippen LogP contribution in [0, 0.1) is 0 Å². The fourth-order valence-corrected chi connectivity index (χ4v) is 2.55. The molecule has 0 atom stereocenters. The van der Waals surface area contributed by atoms with E-state index in [4.69, 9.17) is 21.9 Å². The van der Waals surface area contributed by atoms with Crippen LogP contribution in [0.25, 0.3) is 0 Å². The van der Waals surface area contributed by atoms with Gasteiger partial charge in [0, 0.05) is 5.69 Å². The van der Waals surface area contributed by atoms with E-state index in [0.29, 0.717) is 0 Å². The zero-order valence-electron chi connectivity index (χ0n) is 10.6. The van der Waals surface area contributed by atoms with Crippen molar-refractivity contribution in [3.05, 3.63) is 53.1 Å². The molecular formula is C13H11ClN2O4S. The number of carbonyl (C=O) groups excluding carboxylic acids is 1. The Morgan fingerprint density at radius 1 is 1.19 bits per heavy atom. The SMILES string of the molecule is Nc1ccc(S(=O)(=O)O)c(NC(=O)c2ccccc2Cl)c1. The second kappa shape index (κ2) is 5.72. The summed E-state index contributed by atoms with van der Waals surface area (Å²) in [7, 11) is -4.49. The van der Waals surface area contributed by atoms with Crippen LogP contribution in [0.3, 0.4) is 0 Å². The maximum Gasteiger partial charge on any atom is 0.296 e. The van der Waals surface area contributed by atoms with Gasteiger partial charge in [0.15, 0.2) is 0 Å². The van der Waals surface area contributed by atoms with Crippen molar-refractivity contribution in [2.45, 2.75) is 4.90 Å². The number of anilines is 2. The summed E-state index contributed by atoms with van der Waals surface area (Å²) in [5.41, 5.74) is 5.84. The minimum absolute atomic E-state index is 0.123. The predicted molar refractivity (Wildman–Crippen MR) is 80.1 cm³/mol. The fraction of sp³-hybridized carbons (Fsp3) is 0. The van der Waals surface area contributed by atoms with E-state index < -0.39 is 20.9 Å². The number of amides is 1. The zero-order chi connectivity index (χ0) is 15.6. The lowest BCUT2D eigenvalue weighted by molar-refractivity contribution is 0.102. The number of nitrogens with one attached hydrogen (secondary N) is 1. The molecule has 0 fully saturated rings. The molecule has 0 aliphatic carbocycles. The molecule has 110 valence electrons. The fourth-order valence-electron chi connectivity index (χ4n) is 1.71. The first-order valence-corrected chi connectivity index (χ1v) is 7.54. The Labute approximate surface area is 126 Å². The number of benzene rings is 2.